The third kappa shape index (κ3) is 9.62. The SMILES string of the molecule is CCC(C)C(NC(=O)C(CC(C)C)NC(=O)C(Cc1cnc[nH]1)NC(=O)C(N)Cc1ccccc1)C(=O)O. The number of benzene rings is 1. The van der Waals surface area contributed by atoms with Gasteiger partial charge in [0.25, 0.3) is 0 Å². The molecule has 208 valence electrons. The summed E-state index contributed by atoms with van der Waals surface area (Å²) in [5, 5.41) is 17.6. The fraction of sp³-hybridized carbons (Fsp3) is 0.519. The number of carboxylic acids is 1. The van der Waals surface area contributed by atoms with Gasteiger partial charge >= 0.3 is 5.97 Å². The fourth-order valence-electron chi connectivity index (χ4n) is 3.98. The number of carbonyl (C=O) groups excluding carboxylic acids is 3. The summed E-state index contributed by atoms with van der Waals surface area (Å²) in [6.45, 7) is 7.36. The number of aliphatic carboxylic acids is 1. The van der Waals surface area contributed by atoms with Crippen LogP contribution in [0.5, 0.6) is 0 Å². The monoisotopic (exact) mass is 528 g/mol. The Morgan fingerprint density at radius 1 is 0.947 bits per heavy atom. The van der Waals surface area contributed by atoms with Crippen molar-refractivity contribution in [3.63, 3.8) is 0 Å². The first-order chi connectivity index (χ1) is 18.0. The molecule has 0 aliphatic rings. The highest BCUT2D eigenvalue weighted by Crippen LogP contribution is 2.11. The van der Waals surface area contributed by atoms with Gasteiger partial charge in [0, 0.05) is 18.3 Å². The minimum atomic E-state index is -1.14. The molecular weight excluding hydrogens is 488 g/mol. The predicted molar refractivity (Wildman–Crippen MR) is 143 cm³/mol. The molecule has 11 heteroatoms. The van der Waals surface area contributed by atoms with Crippen molar-refractivity contribution in [3.8, 4) is 0 Å². The molecule has 3 amide bonds. The number of imidazole rings is 1. The van der Waals surface area contributed by atoms with Crippen LogP contribution in [0.4, 0.5) is 0 Å². The summed E-state index contributed by atoms with van der Waals surface area (Å²) < 4.78 is 0. The molecule has 0 bridgehead atoms. The van der Waals surface area contributed by atoms with E-state index < -0.39 is 47.9 Å². The number of hydrogen-bond acceptors (Lipinski definition) is 6. The van der Waals surface area contributed by atoms with Crippen LogP contribution in [-0.2, 0) is 32.0 Å². The molecule has 0 aliphatic carbocycles. The number of H-pyrrole nitrogens is 1. The maximum Gasteiger partial charge on any atom is 0.326 e. The van der Waals surface area contributed by atoms with Gasteiger partial charge in [-0.15, -0.1) is 0 Å². The lowest BCUT2D eigenvalue weighted by Crippen LogP contribution is -2.58. The number of carboxylic acid groups (broad SMARTS) is 1. The van der Waals surface area contributed by atoms with Crippen LogP contribution in [0.1, 0.15) is 51.8 Å². The highest BCUT2D eigenvalue weighted by Gasteiger charge is 2.32. The molecule has 1 aromatic carbocycles. The molecule has 0 aliphatic heterocycles. The normalized spacial score (nSPS) is 15.1. The molecule has 0 saturated carbocycles. The number of hydrogen-bond donors (Lipinski definition) is 6. The Kier molecular flexibility index (Phi) is 11.9. The van der Waals surface area contributed by atoms with Crippen molar-refractivity contribution < 1.29 is 24.3 Å². The van der Waals surface area contributed by atoms with Gasteiger partial charge in [-0.1, -0.05) is 64.4 Å². The summed E-state index contributed by atoms with van der Waals surface area (Å²) in [4.78, 5) is 58.0. The Morgan fingerprint density at radius 2 is 1.58 bits per heavy atom. The summed E-state index contributed by atoms with van der Waals surface area (Å²) in [7, 11) is 0. The average Bonchev–Trinajstić information content (AvgIpc) is 3.39. The first-order valence-electron chi connectivity index (χ1n) is 12.9. The van der Waals surface area contributed by atoms with E-state index in [9.17, 15) is 24.3 Å². The molecule has 0 saturated heterocycles. The summed E-state index contributed by atoms with van der Waals surface area (Å²) in [5.41, 5.74) is 7.62. The van der Waals surface area contributed by atoms with Crippen LogP contribution >= 0.6 is 0 Å². The number of nitrogens with two attached hydrogens (primary N) is 1. The standard InChI is InChI=1S/C27H40N6O5/c1-5-17(4)23(27(37)38)33-26(36)21(11-16(2)3)32-25(35)22(13-19-14-29-15-30-19)31-24(34)20(28)12-18-9-7-6-8-10-18/h6-10,14-17,20-23H,5,11-13,28H2,1-4H3,(H,29,30)(H,31,34)(H,32,35)(H,33,36)(H,37,38). The van der Waals surface area contributed by atoms with E-state index in [0.29, 0.717) is 12.1 Å². The van der Waals surface area contributed by atoms with Gasteiger partial charge in [0.15, 0.2) is 0 Å². The van der Waals surface area contributed by atoms with E-state index in [-0.39, 0.29) is 31.1 Å². The highest BCUT2D eigenvalue weighted by molar-refractivity contribution is 5.94. The summed E-state index contributed by atoms with van der Waals surface area (Å²) in [6, 6.07) is 5.28. The van der Waals surface area contributed by atoms with Crippen molar-refractivity contribution in [1.82, 2.24) is 25.9 Å². The minimum Gasteiger partial charge on any atom is -0.480 e. The van der Waals surface area contributed by atoms with Crippen molar-refractivity contribution in [2.75, 3.05) is 0 Å². The lowest BCUT2D eigenvalue weighted by Gasteiger charge is -2.27. The predicted octanol–water partition coefficient (Wildman–Crippen LogP) is 1.15. The zero-order valence-electron chi connectivity index (χ0n) is 22.4. The molecule has 0 radical (unpaired) electrons. The lowest BCUT2D eigenvalue weighted by atomic mass is 9.97. The molecule has 1 heterocycles. The van der Waals surface area contributed by atoms with Crippen LogP contribution in [0.2, 0.25) is 0 Å². The second-order valence-corrected chi connectivity index (χ2v) is 10.0. The molecule has 0 spiro atoms. The van der Waals surface area contributed by atoms with Crippen LogP contribution in [-0.4, -0.2) is 62.9 Å². The van der Waals surface area contributed by atoms with E-state index in [1.54, 1.807) is 6.92 Å². The maximum atomic E-state index is 13.4. The Hall–Kier alpha value is -3.73. The first kappa shape index (κ1) is 30.5. The fourth-order valence-corrected chi connectivity index (χ4v) is 3.98. The Balaban J connectivity index is 2.18. The van der Waals surface area contributed by atoms with Crippen LogP contribution in [0.3, 0.4) is 0 Å². The van der Waals surface area contributed by atoms with Crippen molar-refractivity contribution in [2.45, 2.75) is 77.5 Å². The average molecular weight is 529 g/mol. The van der Waals surface area contributed by atoms with Gasteiger partial charge in [-0.25, -0.2) is 9.78 Å². The zero-order chi connectivity index (χ0) is 28.2. The summed E-state index contributed by atoms with van der Waals surface area (Å²) >= 11 is 0. The van der Waals surface area contributed by atoms with Crippen LogP contribution < -0.4 is 21.7 Å². The van der Waals surface area contributed by atoms with Gasteiger partial charge in [0.2, 0.25) is 17.7 Å². The lowest BCUT2D eigenvalue weighted by molar-refractivity contribution is -0.144. The van der Waals surface area contributed by atoms with E-state index in [1.165, 1.54) is 12.5 Å². The molecule has 5 unspecified atom stereocenters. The number of nitrogens with one attached hydrogen (secondary N) is 4. The topological polar surface area (TPSA) is 179 Å². The van der Waals surface area contributed by atoms with E-state index in [0.717, 1.165) is 5.56 Å². The summed E-state index contributed by atoms with van der Waals surface area (Å²) in [6.07, 6.45) is 4.22. The van der Waals surface area contributed by atoms with Crippen molar-refractivity contribution in [2.24, 2.45) is 17.6 Å². The van der Waals surface area contributed by atoms with Crippen LogP contribution in [0, 0.1) is 11.8 Å². The van der Waals surface area contributed by atoms with E-state index in [1.807, 2.05) is 51.1 Å². The highest BCUT2D eigenvalue weighted by atomic mass is 16.4. The molecule has 11 nitrogen and oxygen atoms in total. The van der Waals surface area contributed by atoms with Gasteiger partial charge in [-0.05, 0) is 30.2 Å². The minimum absolute atomic E-state index is 0.0258. The van der Waals surface area contributed by atoms with Crippen molar-refractivity contribution in [1.29, 1.82) is 0 Å². The third-order valence-corrected chi connectivity index (χ3v) is 6.36. The number of carbonyl (C=O) groups is 4. The molecular formula is C27H40N6O5. The van der Waals surface area contributed by atoms with Gasteiger partial charge in [0.05, 0.1) is 12.4 Å². The maximum absolute atomic E-state index is 13.4. The zero-order valence-corrected chi connectivity index (χ0v) is 22.4. The van der Waals surface area contributed by atoms with Crippen LogP contribution in [0.15, 0.2) is 42.9 Å². The van der Waals surface area contributed by atoms with Gasteiger partial charge in [0.1, 0.15) is 18.1 Å². The van der Waals surface area contributed by atoms with Gasteiger partial charge in [-0.3, -0.25) is 14.4 Å². The van der Waals surface area contributed by atoms with Gasteiger partial charge in [-0.2, -0.15) is 0 Å². The Bertz CT molecular complexity index is 1040. The molecule has 1 aromatic heterocycles. The smallest absolute Gasteiger partial charge is 0.326 e. The molecule has 2 rings (SSSR count). The number of nitrogens with zero attached hydrogens (tertiary/aromatic N) is 1. The Labute approximate surface area is 223 Å². The second-order valence-electron chi connectivity index (χ2n) is 10.0. The largest absolute Gasteiger partial charge is 0.480 e. The molecule has 7 N–H and O–H groups in total. The second kappa shape index (κ2) is 14.9. The number of amides is 3. The van der Waals surface area contributed by atoms with E-state index in [4.69, 9.17) is 5.73 Å². The van der Waals surface area contributed by atoms with E-state index in [2.05, 4.69) is 25.9 Å². The molecule has 5 atom stereocenters. The number of aromatic amines is 1. The third-order valence-electron chi connectivity index (χ3n) is 6.36. The van der Waals surface area contributed by atoms with Gasteiger partial charge < -0.3 is 31.8 Å². The van der Waals surface area contributed by atoms with E-state index >= 15 is 0 Å². The molecule has 0 fully saturated rings. The summed E-state index contributed by atoms with van der Waals surface area (Å²) in [5.74, 6) is -3.10. The Morgan fingerprint density at radius 3 is 2.13 bits per heavy atom. The quantitative estimate of drug-likeness (QED) is 0.201. The molecule has 38 heavy (non-hydrogen) atoms. The first-order valence-corrected chi connectivity index (χ1v) is 12.9. The number of aromatic nitrogens is 2. The van der Waals surface area contributed by atoms with Crippen molar-refractivity contribution in [3.05, 3.63) is 54.1 Å². The molecule has 2 aromatic rings. The van der Waals surface area contributed by atoms with Crippen molar-refractivity contribution >= 4 is 23.7 Å². The van der Waals surface area contributed by atoms with Crippen LogP contribution in [0.25, 0.3) is 0 Å². The number of rotatable bonds is 15.